The summed E-state index contributed by atoms with van der Waals surface area (Å²) in [5.74, 6) is 0.398. The molecule has 3 aromatic rings. The van der Waals surface area contributed by atoms with Gasteiger partial charge in [-0.3, -0.25) is 9.52 Å². The van der Waals surface area contributed by atoms with E-state index in [0.29, 0.717) is 27.7 Å². The fourth-order valence-corrected chi connectivity index (χ4v) is 4.41. The average molecular weight is 445 g/mol. The summed E-state index contributed by atoms with van der Waals surface area (Å²) in [6.07, 6.45) is 0.133. The highest BCUT2D eigenvalue weighted by Gasteiger charge is 2.18. The Balaban J connectivity index is 1.78. The summed E-state index contributed by atoms with van der Waals surface area (Å²) in [6.45, 7) is 1.69. The summed E-state index contributed by atoms with van der Waals surface area (Å²) in [5.41, 5.74) is 2.08. The number of halogens is 1. The molecule has 6 nitrogen and oxygen atoms in total. The molecule has 8 heteroatoms. The van der Waals surface area contributed by atoms with Crippen LogP contribution in [0, 0.1) is 6.92 Å². The minimum absolute atomic E-state index is 0.0710. The number of rotatable bonds is 7. The van der Waals surface area contributed by atoms with Gasteiger partial charge in [0.05, 0.1) is 24.1 Å². The van der Waals surface area contributed by atoms with E-state index in [9.17, 15) is 13.2 Å². The number of methoxy groups -OCH3 is 1. The zero-order chi connectivity index (χ0) is 21.7. The Morgan fingerprint density at radius 1 is 1.00 bits per heavy atom. The number of nitrogens with one attached hydrogen (secondary N) is 2. The van der Waals surface area contributed by atoms with Gasteiger partial charge in [-0.05, 0) is 60.5 Å². The molecule has 0 heterocycles. The highest BCUT2D eigenvalue weighted by Crippen LogP contribution is 2.24. The third-order valence-corrected chi connectivity index (χ3v) is 6.10. The second kappa shape index (κ2) is 9.19. The van der Waals surface area contributed by atoms with Crippen molar-refractivity contribution in [1.29, 1.82) is 0 Å². The molecular weight excluding hydrogens is 424 g/mol. The average Bonchev–Trinajstić information content (AvgIpc) is 2.69. The summed E-state index contributed by atoms with van der Waals surface area (Å²) in [6, 6.07) is 18.4. The number of hydrogen-bond donors (Lipinski definition) is 2. The lowest BCUT2D eigenvalue weighted by atomic mass is 10.1. The second-order valence-corrected chi connectivity index (χ2v) is 8.76. The molecule has 0 saturated heterocycles. The number of anilines is 2. The molecule has 0 atom stereocenters. The molecule has 156 valence electrons. The number of amides is 1. The van der Waals surface area contributed by atoms with Crippen LogP contribution in [-0.4, -0.2) is 21.4 Å². The fraction of sp³-hybridized carbons (Fsp3) is 0.136. The number of carbonyl (C=O) groups excluding carboxylic acids is 1. The van der Waals surface area contributed by atoms with Crippen molar-refractivity contribution in [2.75, 3.05) is 17.1 Å². The molecular formula is C22H21ClN2O4S. The first-order valence-corrected chi connectivity index (χ1v) is 10.9. The first-order chi connectivity index (χ1) is 14.3. The monoisotopic (exact) mass is 444 g/mol. The van der Waals surface area contributed by atoms with Gasteiger partial charge < -0.3 is 10.1 Å². The summed E-state index contributed by atoms with van der Waals surface area (Å²) in [5, 5.41) is 3.17. The van der Waals surface area contributed by atoms with Gasteiger partial charge in [0, 0.05) is 10.7 Å². The molecule has 3 aromatic carbocycles. The molecule has 1 amide bonds. The van der Waals surface area contributed by atoms with E-state index < -0.39 is 10.0 Å². The van der Waals surface area contributed by atoms with Gasteiger partial charge in [-0.2, -0.15) is 0 Å². The molecule has 0 radical (unpaired) electrons. The highest BCUT2D eigenvalue weighted by atomic mass is 35.5. The summed E-state index contributed by atoms with van der Waals surface area (Å²) >= 11 is 5.93. The number of carbonyl (C=O) groups is 1. The molecule has 2 N–H and O–H groups in total. The largest absolute Gasteiger partial charge is 0.497 e. The van der Waals surface area contributed by atoms with Gasteiger partial charge in [0.2, 0.25) is 5.91 Å². The van der Waals surface area contributed by atoms with Crippen LogP contribution in [0.15, 0.2) is 71.6 Å². The van der Waals surface area contributed by atoms with Crippen LogP contribution < -0.4 is 14.8 Å². The normalized spacial score (nSPS) is 11.0. The van der Waals surface area contributed by atoms with Gasteiger partial charge >= 0.3 is 0 Å². The van der Waals surface area contributed by atoms with Gasteiger partial charge in [-0.25, -0.2) is 8.42 Å². The Morgan fingerprint density at radius 3 is 2.50 bits per heavy atom. The molecule has 0 saturated carbocycles. The topological polar surface area (TPSA) is 84.5 Å². The molecule has 0 aliphatic carbocycles. The molecule has 0 unspecified atom stereocenters. The van der Waals surface area contributed by atoms with Gasteiger partial charge in [-0.15, -0.1) is 0 Å². The van der Waals surface area contributed by atoms with E-state index in [1.807, 2.05) is 6.07 Å². The van der Waals surface area contributed by atoms with Gasteiger partial charge in [0.15, 0.2) is 0 Å². The standard InChI is InChI=1S/C22H21ClN2O4S/c1-15-9-10-18(24-22(26)12-16-5-3-8-20(11-16)29-2)14-21(15)30(27,28)25-19-7-4-6-17(23)13-19/h3-11,13-14,25H,12H2,1-2H3,(H,24,26). The number of hydrogen-bond acceptors (Lipinski definition) is 4. The second-order valence-electron chi connectivity index (χ2n) is 6.67. The van der Waals surface area contributed by atoms with E-state index in [2.05, 4.69) is 10.0 Å². The zero-order valence-corrected chi connectivity index (χ0v) is 18.0. The lowest BCUT2D eigenvalue weighted by molar-refractivity contribution is -0.115. The molecule has 0 aliphatic heterocycles. The van der Waals surface area contributed by atoms with Crippen molar-refractivity contribution in [2.45, 2.75) is 18.2 Å². The zero-order valence-electron chi connectivity index (χ0n) is 16.5. The Bertz CT molecular complexity index is 1180. The van der Waals surface area contributed by atoms with Crippen LogP contribution in [0.2, 0.25) is 5.02 Å². The van der Waals surface area contributed by atoms with E-state index in [4.69, 9.17) is 16.3 Å². The lowest BCUT2D eigenvalue weighted by Crippen LogP contribution is -2.17. The summed E-state index contributed by atoms with van der Waals surface area (Å²) < 4.78 is 33.4. The third kappa shape index (κ3) is 5.52. The predicted octanol–water partition coefficient (Wildman–Crippen LogP) is 4.64. The van der Waals surface area contributed by atoms with E-state index in [-0.39, 0.29) is 17.2 Å². The van der Waals surface area contributed by atoms with Crippen LogP contribution in [0.25, 0.3) is 0 Å². The van der Waals surface area contributed by atoms with E-state index >= 15 is 0 Å². The Labute approximate surface area is 180 Å². The lowest BCUT2D eigenvalue weighted by Gasteiger charge is -2.13. The molecule has 0 bridgehead atoms. The maximum absolute atomic E-state index is 12.9. The number of ether oxygens (including phenoxy) is 1. The van der Waals surface area contributed by atoms with Crippen molar-refractivity contribution in [3.8, 4) is 5.75 Å². The first-order valence-electron chi connectivity index (χ1n) is 9.08. The fourth-order valence-electron chi connectivity index (χ4n) is 2.90. The van der Waals surface area contributed by atoms with Crippen LogP contribution in [-0.2, 0) is 21.2 Å². The maximum atomic E-state index is 12.9. The van der Waals surface area contributed by atoms with Crippen LogP contribution >= 0.6 is 11.6 Å². The first kappa shape index (κ1) is 21.7. The van der Waals surface area contributed by atoms with Crippen molar-refractivity contribution < 1.29 is 17.9 Å². The Hall–Kier alpha value is -3.03. The molecule has 0 fully saturated rings. The quantitative estimate of drug-likeness (QED) is 0.556. The minimum atomic E-state index is -3.86. The van der Waals surface area contributed by atoms with Crippen molar-refractivity contribution in [2.24, 2.45) is 0 Å². The van der Waals surface area contributed by atoms with Gasteiger partial charge in [0.25, 0.3) is 10.0 Å². The van der Waals surface area contributed by atoms with Crippen molar-refractivity contribution >= 4 is 38.9 Å². The van der Waals surface area contributed by atoms with Crippen molar-refractivity contribution in [1.82, 2.24) is 0 Å². The molecule has 0 aliphatic rings. The van der Waals surface area contributed by atoms with Crippen LogP contribution in [0.3, 0.4) is 0 Å². The molecule has 0 aromatic heterocycles. The van der Waals surface area contributed by atoms with Crippen LogP contribution in [0.4, 0.5) is 11.4 Å². The summed E-state index contributed by atoms with van der Waals surface area (Å²) in [4.78, 5) is 12.5. The SMILES string of the molecule is COc1cccc(CC(=O)Nc2ccc(C)c(S(=O)(=O)Nc3cccc(Cl)c3)c2)c1. The predicted molar refractivity (Wildman–Crippen MR) is 119 cm³/mol. The van der Waals surface area contributed by atoms with E-state index in [0.717, 1.165) is 5.56 Å². The number of sulfonamides is 1. The third-order valence-electron chi connectivity index (χ3n) is 4.34. The maximum Gasteiger partial charge on any atom is 0.262 e. The van der Waals surface area contributed by atoms with Crippen molar-refractivity contribution in [3.05, 3.63) is 82.9 Å². The molecule has 30 heavy (non-hydrogen) atoms. The smallest absolute Gasteiger partial charge is 0.262 e. The summed E-state index contributed by atoms with van der Waals surface area (Å²) in [7, 11) is -2.30. The number of aryl methyl sites for hydroxylation is 1. The Morgan fingerprint density at radius 2 is 1.77 bits per heavy atom. The van der Waals surface area contributed by atoms with Crippen molar-refractivity contribution in [3.63, 3.8) is 0 Å². The highest BCUT2D eigenvalue weighted by molar-refractivity contribution is 7.92. The molecule has 3 rings (SSSR count). The Kier molecular flexibility index (Phi) is 6.64. The molecule has 0 spiro atoms. The van der Waals surface area contributed by atoms with Gasteiger partial charge in [-0.1, -0.05) is 35.9 Å². The van der Waals surface area contributed by atoms with E-state index in [1.54, 1.807) is 62.6 Å². The van der Waals surface area contributed by atoms with Crippen LogP contribution in [0.5, 0.6) is 5.75 Å². The van der Waals surface area contributed by atoms with Gasteiger partial charge in [0.1, 0.15) is 5.75 Å². The van der Waals surface area contributed by atoms with E-state index in [1.165, 1.54) is 12.1 Å². The van der Waals surface area contributed by atoms with Crippen LogP contribution in [0.1, 0.15) is 11.1 Å². The minimum Gasteiger partial charge on any atom is -0.497 e. The number of benzene rings is 3.